The Labute approximate surface area is 212 Å². The quantitative estimate of drug-likeness (QED) is 0.284. The highest BCUT2D eigenvalue weighted by Crippen LogP contribution is 2.24. The van der Waals surface area contributed by atoms with Crippen molar-refractivity contribution in [2.75, 3.05) is 0 Å². The van der Waals surface area contributed by atoms with Crippen LogP contribution in [0.2, 0.25) is 0 Å². The first-order chi connectivity index (χ1) is 16.6. The molecule has 4 aromatic rings. The van der Waals surface area contributed by atoms with Crippen LogP contribution in [0.3, 0.4) is 0 Å². The van der Waals surface area contributed by atoms with Crippen molar-refractivity contribution in [3.05, 3.63) is 117 Å². The highest BCUT2D eigenvalue weighted by atomic mass is 14.2. The molecule has 0 N–H and O–H groups in total. The van der Waals surface area contributed by atoms with Crippen molar-refractivity contribution in [2.45, 2.75) is 55.4 Å². The van der Waals surface area contributed by atoms with Crippen LogP contribution in [-0.2, 0) is 0 Å². The third kappa shape index (κ3) is 4.78. The molecule has 0 radical (unpaired) electrons. The van der Waals surface area contributed by atoms with Gasteiger partial charge < -0.3 is 0 Å². The van der Waals surface area contributed by atoms with E-state index >= 15 is 0 Å². The largest absolute Gasteiger partial charge is 0.243 e. The summed E-state index contributed by atoms with van der Waals surface area (Å²) in [6.45, 7) is 22.2. The van der Waals surface area contributed by atoms with Gasteiger partial charge in [-0.3, -0.25) is 0 Å². The van der Waals surface area contributed by atoms with Crippen LogP contribution in [0.25, 0.3) is 17.2 Å². The van der Waals surface area contributed by atoms with Gasteiger partial charge in [0, 0.05) is 0 Å². The van der Waals surface area contributed by atoms with Gasteiger partial charge in [0.15, 0.2) is 0 Å². The Morgan fingerprint density at radius 1 is 0.486 bits per heavy atom. The molecule has 0 saturated heterocycles. The van der Waals surface area contributed by atoms with Crippen LogP contribution in [0, 0.1) is 55.4 Å². The Kier molecular flexibility index (Phi) is 6.90. The number of rotatable bonds is 5. The summed E-state index contributed by atoms with van der Waals surface area (Å²) in [6.07, 6.45) is 1.90. The molecule has 35 heavy (non-hydrogen) atoms. The topological polar surface area (TPSA) is 0 Å². The predicted octanol–water partition coefficient (Wildman–Crippen LogP) is 6.98. The predicted molar refractivity (Wildman–Crippen MR) is 157 cm³/mol. The summed E-state index contributed by atoms with van der Waals surface area (Å²) >= 11 is 0. The van der Waals surface area contributed by atoms with Crippen molar-refractivity contribution in [3.8, 4) is 11.1 Å². The summed E-state index contributed by atoms with van der Waals surface area (Å²) in [5, 5.41) is 0. The Morgan fingerprint density at radius 3 is 1.17 bits per heavy atom. The van der Waals surface area contributed by atoms with Crippen LogP contribution in [0.1, 0.15) is 50.1 Å². The molecule has 0 atom stereocenters. The molecule has 1 heteroatoms. The molecule has 0 bridgehead atoms. The molecule has 0 saturated carbocycles. The average Bonchev–Trinajstić information content (AvgIpc) is 2.77. The van der Waals surface area contributed by atoms with Crippen molar-refractivity contribution in [3.63, 3.8) is 0 Å². The zero-order valence-corrected chi connectivity index (χ0v) is 22.6. The fourth-order valence-electron chi connectivity index (χ4n) is 6.13. The van der Waals surface area contributed by atoms with Gasteiger partial charge in [0.25, 0.3) is 0 Å². The van der Waals surface area contributed by atoms with E-state index in [4.69, 9.17) is 0 Å². The summed E-state index contributed by atoms with van der Waals surface area (Å²) in [5.74, 6) is 0. The lowest BCUT2D eigenvalue weighted by molar-refractivity contribution is 1.33. The van der Waals surface area contributed by atoms with Crippen molar-refractivity contribution in [2.24, 2.45) is 0 Å². The summed E-state index contributed by atoms with van der Waals surface area (Å²) in [5.41, 5.74) is 18.8. The third-order valence-electron chi connectivity index (χ3n) is 7.42. The molecule has 4 rings (SSSR count). The molecule has 0 heterocycles. The highest BCUT2D eigenvalue weighted by molar-refractivity contribution is 6.97. The zero-order valence-electron chi connectivity index (χ0n) is 22.6. The molecule has 0 nitrogen and oxygen atoms in total. The summed E-state index contributed by atoms with van der Waals surface area (Å²) in [7, 11) is 0. The third-order valence-corrected chi connectivity index (χ3v) is 7.42. The molecule has 0 unspecified atom stereocenters. The van der Waals surface area contributed by atoms with Gasteiger partial charge in [-0.15, -0.1) is 0 Å². The smallest absolute Gasteiger partial charge is 0.0985 e. The lowest BCUT2D eigenvalue weighted by Gasteiger charge is -2.27. The molecule has 0 spiro atoms. The van der Waals surface area contributed by atoms with E-state index in [9.17, 15) is 0 Å². The second-order valence-electron chi connectivity index (χ2n) is 10.4. The van der Waals surface area contributed by atoms with E-state index in [0.29, 0.717) is 0 Å². The summed E-state index contributed by atoms with van der Waals surface area (Å²) in [4.78, 5) is 0. The molecule has 0 aromatic heterocycles. The molecule has 0 fully saturated rings. The number of aryl methyl sites for hydroxylation is 8. The van der Waals surface area contributed by atoms with Crippen molar-refractivity contribution < 1.29 is 0 Å². The van der Waals surface area contributed by atoms with Crippen molar-refractivity contribution in [1.82, 2.24) is 0 Å². The minimum atomic E-state index is 0.202. The van der Waals surface area contributed by atoms with Crippen LogP contribution < -0.4 is 16.4 Å². The van der Waals surface area contributed by atoms with Crippen LogP contribution in [0.4, 0.5) is 0 Å². The second-order valence-corrected chi connectivity index (χ2v) is 10.4. The molecular weight excluding hydrogens is 419 g/mol. The van der Waals surface area contributed by atoms with Gasteiger partial charge in [-0.1, -0.05) is 134 Å². The Morgan fingerprint density at radius 2 is 0.829 bits per heavy atom. The standard InChI is InChI=1S/C34H37B/c1-10-29-11-13-30(14-12-29)31-19-27(8)34(28(9)20-31)35(32-23(4)15-21(2)16-24(32)5)33-25(6)17-22(3)18-26(33)7/h10-20H,1H2,2-9H3. The zero-order chi connectivity index (χ0) is 25.4. The van der Waals surface area contributed by atoms with Crippen LogP contribution in [0.15, 0.2) is 67.2 Å². The molecule has 0 aliphatic heterocycles. The Balaban J connectivity index is 2.00. The van der Waals surface area contributed by atoms with Crippen molar-refractivity contribution in [1.29, 1.82) is 0 Å². The SMILES string of the molecule is C=Cc1ccc(-c2cc(C)c(B(c3c(C)cc(C)cc3C)c3c(C)cc(C)cc3C)c(C)c2)cc1. The normalized spacial score (nSPS) is 11.0. The maximum absolute atomic E-state index is 3.89. The van der Waals surface area contributed by atoms with Crippen LogP contribution in [0.5, 0.6) is 0 Å². The van der Waals surface area contributed by atoms with Gasteiger partial charge in [0.1, 0.15) is 0 Å². The van der Waals surface area contributed by atoms with Crippen LogP contribution >= 0.6 is 0 Å². The summed E-state index contributed by atoms with van der Waals surface area (Å²) < 4.78 is 0. The van der Waals surface area contributed by atoms with Gasteiger partial charge in [0.2, 0.25) is 6.71 Å². The van der Waals surface area contributed by atoms with Crippen LogP contribution in [-0.4, -0.2) is 6.71 Å². The minimum Gasteiger partial charge on any atom is -0.0985 e. The van der Waals surface area contributed by atoms with Gasteiger partial charge in [-0.25, -0.2) is 0 Å². The van der Waals surface area contributed by atoms with Gasteiger partial charge >= 0.3 is 0 Å². The number of benzene rings is 4. The first-order valence-electron chi connectivity index (χ1n) is 12.6. The molecule has 0 aliphatic carbocycles. The lowest BCUT2D eigenvalue weighted by atomic mass is 9.33. The number of hydrogen-bond donors (Lipinski definition) is 0. The maximum atomic E-state index is 3.89. The Hall–Kier alpha value is -3.32. The van der Waals surface area contributed by atoms with Gasteiger partial charge in [0.05, 0.1) is 0 Å². The van der Waals surface area contributed by atoms with E-state index in [2.05, 4.69) is 123 Å². The highest BCUT2D eigenvalue weighted by Gasteiger charge is 2.31. The fourth-order valence-corrected chi connectivity index (χ4v) is 6.13. The molecule has 4 aromatic carbocycles. The Bertz CT molecular complexity index is 1290. The van der Waals surface area contributed by atoms with E-state index in [1.807, 2.05) is 6.08 Å². The van der Waals surface area contributed by atoms with E-state index in [1.54, 1.807) is 0 Å². The van der Waals surface area contributed by atoms with E-state index < -0.39 is 0 Å². The minimum absolute atomic E-state index is 0.202. The molecule has 0 aliphatic rings. The first-order valence-corrected chi connectivity index (χ1v) is 12.6. The summed E-state index contributed by atoms with van der Waals surface area (Å²) in [6, 6.07) is 22.8. The molecule has 0 amide bonds. The fraction of sp³-hybridized carbons (Fsp3) is 0.235. The monoisotopic (exact) mass is 456 g/mol. The lowest BCUT2D eigenvalue weighted by Crippen LogP contribution is -2.57. The molecular formula is C34H37B. The van der Waals surface area contributed by atoms with Gasteiger partial charge in [-0.05, 0) is 72.1 Å². The number of hydrogen-bond acceptors (Lipinski definition) is 0. The van der Waals surface area contributed by atoms with E-state index in [0.717, 1.165) is 5.56 Å². The average molecular weight is 456 g/mol. The first kappa shape index (κ1) is 24.8. The maximum Gasteiger partial charge on any atom is 0.243 e. The van der Waals surface area contributed by atoms with E-state index in [-0.39, 0.29) is 6.71 Å². The van der Waals surface area contributed by atoms with Crippen molar-refractivity contribution >= 4 is 29.2 Å². The van der Waals surface area contributed by atoms with Gasteiger partial charge in [-0.2, -0.15) is 0 Å². The molecule has 176 valence electrons. The van der Waals surface area contributed by atoms with E-state index in [1.165, 1.54) is 72.0 Å². The second kappa shape index (κ2) is 9.74.